The van der Waals surface area contributed by atoms with Crippen molar-refractivity contribution in [3.8, 4) is 0 Å². The third kappa shape index (κ3) is 5.47. The van der Waals surface area contributed by atoms with Gasteiger partial charge in [0.15, 0.2) is 0 Å². The lowest BCUT2D eigenvalue weighted by Gasteiger charge is -2.25. The summed E-state index contributed by atoms with van der Waals surface area (Å²) in [5, 5.41) is 2.94. The third-order valence-corrected chi connectivity index (χ3v) is 2.65. The summed E-state index contributed by atoms with van der Waals surface area (Å²) in [5.74, 6) is 0.406. The molecule has 0 aliphatic heterocycles. The molecule has 0 radical (unpaired) electrons. The first kappa shape index (κ1) is 15.4. The summed E-state index contributed by atoms with van der Waals surface area (Å²) < 4.78 is 5.34. The Morgan fingerprint density at radius 3 is 2.19 bits per heavy atom. The smallest absolute Gasteiger partial charge is 0.237 e. The monoisotopic (exact) mass is 230 g/mol. The third-order valence-electron chi connectivity index (χ3n) is 2.65. The van der Waals surface area contributed by atoms with E-state index in [-0.39, 0.29) is 17.9 Å². The normalized spacial score (nSPS) is 15.2. The van der Waals surface area contributed by atoms with Crippen LogP contribution in [0.2, 0.25) is 0 Å². The number of amides is 1. The van der Waals surface area contributed by atoms with E-state index >= 15 is 0 Å². The van der Waals surface area contributed by atoms with Crippen molar-refractivity contribution in [2.24, 2.45) is 17.6 Å². The number of carbonyl (C=O) groups excluding carboxylic acids is 1. The first-order chi connectivity index (χ1) is 7.40. The average Bonchev–Trinajstić information content (AvgIpc) is 2.21. The number of rotatable bonds is 7. The van der Waals surface area contributed by atoms with Crippen molar-refractivity contribution >= 4 is 5.91 Å². The standard InChI is InChI=1S/C12H26N2O2/c1-6-16-7-10(8(2)3)14-12(15)11(13)9(4)5/h8-11H,6-7,13H2,1-5H3,(H,14,15). The van der Waals surface area contributed by atoms with Crippen molar-refractivity contribution in [1.29, 1.82) is 0 Å². The molecule has 0 bridgehead atoms. The van der Waals surface area contributed by atoms with E-state index in [2.05, 4.69) is 19.2 Å². The Bertz CT molecular complexity index is 205. The Hall–Kier alpha value is -0.610. The molecule has 96 valence electrons. The van der Waals surface area contributed by atoms with Gasteiger partial charge in [0.2, 0.25) is 5.91 Å². The predicted molar refractivity (Wildman–Crippen MR) is 66.1 cm³/mol. The number of ether oxygens (including phenoxy) is 1. The van der Waals surface area contributed by atoms with Crippen LogP contribution < -0.4 is 11.1 Å². The van der Waals surface area contributed by atoms with Crippen molar-refractivity contribution < 1.29 is 9.53 Å². The zero-order chi connectivity index (χ0) is 12.7. The summed E-state index contributed by atoms with van der Waals surface area (Å²) in [6.07, 6.45) is 0. The Morgan fingerprint density at radius 1 is 1.25 bits per heavy atom. The first-order valence-corrected chi connectivity index (χ1v) is 6.03. The molecule has 0 aromatic rings. The maximum Gasteiger partial charge on any atom is 0.237 e. The van der Waals surface area contributed by atoms with Gasteiger partial charge in [-0.2, -0.15) is 0 Å². The van der Waals surface area contributed by atoms with Crippen LogP contribution in [0.3, 0.4) is 0 Å². The van der Waals surface area contributed by atoms with Crippen molar-refractivity contribution in [2.45, 2.75) is 46.7 Å². The number of hydrogen-bond acceptors (Lipinski definition) is 3. The Kier molecular flexibility index (Phi) is 7.34. The van der Waals surface area contributed by atoms with E-state index in [1.165, 1.54) is 0 Å². The summed E-state index contributed by atoms with van der Waals surface area (Å²) in [5.41, 5.74) is 5.78. The van der Waals surface area contributed by atoms with Crippen LogP contribution in [-0.2, 0) is 9.53 Å². The zero-order valence-corrected chi connectivity index (χ0v) is 11.1. The quantitative estimate of drug-likeness (QED) is 0.689. The highest BCUT2D eigenvalue weighted by Gasteiger charge is 2.22. The molecule has 0 heterocycles. The highest BCUT2D eigenvalue weighted by atomic mass is 16.5. The molecule has 0 saturated carbocycles. The van der Waals surface area contributed by atoms with E-state index in [4.69, 9.17) is 10.5 Å². The molecule has 1 amide bonds. The van der Waals surface area contributed by atoms with Crippen LogP contribution in [0.4, 0.5) is 0 Å². The maximum absolute atomic E-state index is 11.8. The van der Waals surface area contributed by atoms with Crippen LogP contribution in [0.25, 0.3) is 0 Å². The predicted octanol–water partition coefficient (Wildman–Crippen LogP) is 1.15. The lowest BCUT2D eigenvalue weighted by molar-refractivity contribution is -0.124. The number of carbonyl (C=O) groups is 1. The van der Waals surface area contributed by atoms with E-state index < -0.39 is 6.04 Å². The molecule has 0 aliphatic rings. The molecule has 0 saturated heterocycles. The van der Waals surface area contributed by atoms with Gasteiger partial charge in [0, 0.05) is 6.61 Å². The summed E-state index contributed by atoms with van der Waals surface area (Å²) in [7, 11) is 0. The largest absolute Gasteiger partial charge is 0.380 e. The van der Waals surface area contributed by atoms with Crippen molar-refractivity contribution in [3.05, 3.63) is 0 Å². The van der Waals surface area contributed by atoms with Gasteiger partial charge < -0.3 is 15.8 Å². The van der Waals surface area contributed by atoms with E-state index in [1.54, 1.807) is 0 Å². The lowest BCUT2D eigenvalue weighted by atomic mass is 10.0. The maximum atomic E-state index is 11.8. The molecule has 4 heteroatoms. The minimum Gasteiger partial charge on any atom is -0.380 e. The molecule has 4 nitrogen and oxygen atoms in total. The van der Waals surface area contributed by atoms with Crippen LogP contribution in [0, 0.1) is 11.8 Å². The molecule has 3 N–H and O–H groups in total. The minimum atomic E-state index is -0.442. The lowest BCUT2D eigenvalue weighted by Crippen LogP contribution is -2.50. The Balaban J connectivity index is 4.23. The first-order valence-electron chi connectivity index (χ1n) is 6.03. The van der Waals surface area contributed by atoms with Gasteiger partial charge in [0.1, 0.15) is 0 Å². The van der Waals surface area contributed by atoms with Crippen LogP contribution in [0.15, 0.2) is 0 Å². The van der Waals surface area contributed by atoms with Crippen LogP contribution >= 0.6 is 0 Å². The van der Waals surface area contributed by atoms with E-state index in [0.29, 0.717) is 19.1 Å². The molecule has 0 aromatic carbocycles. The highest BCUT2D eigenvalue weighted by molar-refractivity contribution is 5.82. The summed E-state index contributed by atoms with van der Waals surface area (Å²) in [6.45, 7) is 11.2. The second-order valence-corrected chi connectivity index (χ2v) is 4.79. The molecule has 0 fully saturated rings. The molecular formula is C12H26N2O2. The van der Waals surface area contributed by atoms with Gasteiger partial charge in [-0.1, -0.05) is 27.7 Å². The Morgan fingerprint density at radius 2 is 1.81 bits per heavy atom. The molecule has 16 heavy (non-hydrogen) atoms. The summed E-state index contributed by atoms with van der Waals surface area (Å²) >= 11 is 0. The van der Waals surface area contributed by atoms with Gasteiger partial charge in [-0.15, -0.1) is 0 Å². The number of nitrogens with one attached hydrogen (secondary N) is 1. The van der Waals surface area contributed by atoms with Gasteiger partial charge in [0.25, 0.3) is 0 Å². The topological polar surface area (TPSA) is 64.3 Å². The SMILES string of the molecule is CCOCC(NC(=O)C(N)C(C)C)C(C)C. The van der Waals surface area contributed by atoms with E-state index in [9.17, 15) is 4.79 Å². The van der Waals surface area contributed by atoms with Gasteiger partial charge in [-0.25, -0.2) is 0 Å². The van der Waals surface area contributed by atoms with Crippen molar-refractivity contribution in [3.63, 3.8) is 0 Å². The fourth-order valence-electron chi connectivity index (χ4n) is 1.23. The summed E-state index contributed by atoms with van der Waals surface area (Å²) in [6, 6.07) is -0.403. The molecule has 2 unspecified atom stereocenters. The van der Waals surface area contributed by atoms with Crippen molar-refractivity contribution in [1.82, 2.24) is 5.32 Å². The fourth-order valence-corrected chi connectivity index (χ4v) is 1.23. The second-order valence-electron chi connectivity index (χ2n) is 4.79. The summed E-state index contributed by atoms with van der Waals surface area (Å²) in [4.78, 5) is 11.8. The molecular weight excluding hydrogens is 204 g/mol. The van der Waals surface area contributed by atoms with E-state index in [0.717, 1.165) is 0 Å². The average molecular weight is 230 g/mol. The number of hydrogen-bond donors (Lipinski definition) is 2. The van der Waals surface area contributed by atoms with Crippen LogP contribution in [0.1, 0.15) is 34.6 Å². The van der Waals surface area contributed by atoms with Gasteiger partial charge in [-0.05, 0) is 18.8 Å². The minimum absolute atomic E-state index is 0.0391. The van der Waals surface area contributed by atoms with Crippen LogP contribution in [0.5, 0.6) is 0 Å². The fraction of sp³-hybridized carbons (Fsp3) is 0.917. The Labute approximate surface area is 98.9 Å². The zero-order valence-electron chi connectivity index (χ0n) is 11.1. The van der Waals surface area contributed by atoms with Crippen molar-refractivity contribution in [2.75, 3.05) is 13.2 Å². The molecule has 0 rings (SSSR count). The van der Waals surface area contributed by atoms with Gasteiger partial charge >= 0.3 is 0 Å². The molecule has 0 aliphatic carbocycles. The number of nitrogens with two attached hydrogens (primary N) is 1. The van der Waals surface area contributed by atoms with Gasteiger partial charge in [0.05, 0.1) is 18.7 Å². The van der Waals surface area contributed by atoms with Crippen LogP contribution in [-0.4, -0.2) is 31.2 Å². The van der Waals surface area contributed by atoms with Gasteiger partial charge in [-0.3, -0.25) is 4.79 Å². The van der Waals surface area contributed by atoms with E-state index in [1.807, 2.05) is 20.8 Å². The molecule has 0 spiro atoms. The highest BCUT2D eigenvalue weighted by Crippen LogP contribution is 2.05. The second kappa shape index (κ2) is 7.63. The molecule has 0 aromatic heterocycles. The molecule has 2 atom stereocenters.